The van der Waals surface area contributed by atoms with Crippen molar-refractivity contribution in [3.05, 3.63) is 48.3 Å². The fourth-order valence-electron chi connectivity index (χ4n) is 2.80. The second kappa shape index (κ2) is 5.53. The lowest BCUT2D eigenvalue weighted by Gasteiger charge is -2.19. The summed E-state index contributed by atoms with van der Waals surface area (Å²) in [5, 5.41) is -0.123. The molecule has 3 aromatic rings. The summed E-state index contributed by atoms with van der Waals surface area (Å²) in [5.41, 5.74) is 3.36. The summed E-state index contributed by atoms with van der Waals surface area (Å²) < 4.78 is 4.33. The molecule has 3 rings (SSSR count). The van der Waals surface area contributed by atoms with Crippen molar-refractivity contribution < 1.29 is 0 Å². The van der Waals surface area contributed by atoms with Crippen molar-refractivity contribution in [2.75, 3.05) is 0 Å². The van der Waals surface area contributed by atoms with Crippen molar-refractivity contribution >= 4 is 22.6 Å². The first kappa shape index (κ1) is 14.1. The maximum atomic E-state index is 6.36. The molecule has 4 nitrogen and oxygen atoms in total. The highest BCUT2D eigenvalue weighted by atomic mass is 35.5. The number of alkyl halides is 1. The van der Waals surface area contributed by atoms with Gasteiger partial charge in [-0.2, -0.15) is 0 Å². The van der Waals surface area contributed by atoms with E-state index in [-0.39, 0.29) is 11.4 Å². The smallest absolute Gasteiger partial charge is 0.128 e. The van der Waals surface area contributed by atoms with Gasteiger partial charge in [-0.1, -0.05) is 12.1 Å². The topological polar surface area (TPSA) is 35.6 Å². The predicted molar refractivity (Wildman–Crippen MR) is 85.7 cm³/mol. The summed E-state index contributed by atoms with van der Waals surface area (Å²) in [4.78, 5) is 8.87. The molecular formula is C16H19ClN4. The van der Waals surface area contributed by atoms with Crippen LogP contribution in [0.5, 0.6) is 0 Å². The molecule has 2 heterocycles. The highest BCUT2D eigenvalue weighted by Crippen LogP contribution is 2.30. The second-order valence-corrected chi connectivity index (χ2v) is 6.16. The number of hydrogen-bond donors (Lipinski definition) is 0. The Hall–Kier alpha value is -1.81. The molecule has 1 aromatic carbocycles. The van der Waals surface area contributed by atoms with Gasteiger partial charge in [0, 0.05) is 18.9 Å². The van der Waals surface area contributed by atoms with Gasteiger partial charge < -0.3 is 9.13 Å². The minimum absolute atomic E-state index is 0.123. The van der Waals surface area contributed by atoms with E-state index in [1.807, 2.05) is 19.4 Å². The number of imidazole rings is 2. The van der Waals surface area contributed by atoms with Crippen LogP contribution in [0.25, 0.3) is 11.0 Å². The van der Waals surface area contributed by atoms with E-state index in [4.69, 9.17) is 16.6 Å². The van der Waals surface area contributed by atoms with Crippen LogP contribution >= 0.6 is 11.6 Å². The van der Waals surface area contributed by atoms with E-state index in [0.717, 1.165) is 23.4 Å². The molecule has 0 bridgehead atoms. The van der Waals surface area contributed by atoms with Gasteiger partial charge in [0.1, 0.15) is 5.82 Å². The van der Waals surface area contributed by atoms with Crippen LogP contribution < -0.4 is 0 Å². The first-order valence-corrected chi connectivity index (χ1v) is 7.59. The van der Waals surface area contributed by atoms with E-state index in [1.54, 1.807) is 6.20 Å². The van der Waals surface area contributed by atoms with Crippen LogP contribution in [-0.4, -0.2) is 19.1 Å². The lowest BCUT2D eigenvalue weighted by atomic mass is 10.2. The molecule has 21 heavy (non-hydrogen) atoms. The van der Waals surface area contributed by atoms with Crippen LogP contribution in [0.15, 0.2) is 36.9 Å². The van der Waals surface area contributed by atoms with Crippen molar-refractivity contribution in [2.45, 2.75) is 38.7 Å². The van der Waals surface area contributed by atoms with E-state index in [2.05, 4.69) is 46.2 Å². The van der Waals surface area contributed by atoms with Crippen LogP contribution in [0.4, 0.5) is 0 Å². The number of aromatic nitrogens is 4. The number of fused-ring (bicyclic) bond motifs is 1. The number of hydrogen-bond acceptors (Lipinski definition) is 2. The zero-order valence-electron chi connectivity index (χ0n) is 12.5. The molecule has 0 N–H and O–H groups in total. The maximum Gasteiger partial charge on any atom is 0.128 e. The molecule has 5 heteroatoms. The molecule has 0 saturated carbocycles. The van der Waals surface area contributed by atoms with Crippen LogP contribution in [-0.2, 0) is 6.54 Å². The van der Waals surface area contributed by atoms with Gasteiger partial charge in [0.25, 0.3) is 0 Å². The number of para-hydroxylation sites is 1. The zero-order valence-corrected chi connectivity index (χ0v) is 13.2. The quantitative estimate of drug-likeness (QED) is 0.680. The second-order valence-electron chi connectivity index (χ2n) is 5.51. The van der Waals surface area contributed by atoms with Gasteiger partial charge in [-0.05, 0) is 32.4 Å². The Morgan fingerprint density at radius 1 is 1.29 bits per heavy atom. The Morgan fingerprint density at radius 3 is 2.76 bits per heavy atom. The predicted octanol–water partition coefficient (Wildman–Crippen LogP) is 4.10. The molecule has 0 fully saturated rings. The molecule has 0 aliphatic heterocycles. The van der Waals surface area contributed by atoms with Crippen molar-refractivity contribution in [1.29, 1.82) is 0 Å². The highest BCUT2D eigenvalue weighted by Gasteiger charge is 2.20. The van der Waals surface area contributed by atoms with Gasteiger partial charge in [0.05, 0.1) is 28.8 Å². The Bertz CT molecular complexity index is 743. The minimum atomic E-state index is -0.123. The van der Waals surface area contributed by atoms with Crippen molar-refractivity contribution in [2.24, 2.45) is 0 Å². The van der Waals surface area contributed by atoms with Gasteiger partial charge >= 0.3 is 0 Å². The lowest BCUT2D eigenvalue weighted by Crippen LogP contribution is -2.15. The third-order valence-corrected chi connectivity index (χ3v) is 3.98. The third-order valence-electron chi connectivity index (χ3n) is 3.78. The molecule has 0 spiro atoms. The molecule has 0 aliphatic carbocycles. The SMILES string of the molecule is Cc1cccc2c1nc(C(C)Cl)n2C(C)Cn1ccnc1. The monoisotopic (exact) mass is 302 g/mol. The van der Waals surface area contributed by atoms with Crippen molar-refractivity contribution in [3.8, 4) is 0 Å². The molecule has 2 unspecified atom stereocenters. The van der Waals surface area contributed by atoms with Crippen molar-refractivity contribution in [1.82, 2.24) is 19.1 Å². The summed E-state index contributed by atoms with van der Waals surface area (Å²) in [6.45, 7) is 7.09. The fraction of sp³-hybridized carbons (Fsp3) is 0.375. The Kier molecular flexibility index (Phi) is 3.72. The number of nitrogens with zero attached hydrogens (tertiary/aromatic N) is 4. The summed E-state index contributed by atoms with van der Waals surface area (Å²) in [5.74, 6) is 0.925. The normalized spacial score (nSPS) is 14.5. The van der Waals surface area contributed by atoms with Gasteiger partial charge in [0.15, 0.2) is 0 Å². The Balaban J connectivity index is 2.10. The summed E-state index contributed by atoms with van der Waals surface area (Å²) in [6, 6.07) is 6.52. The van der Waals surface area contributed by atoms with E-state index in [1.165, 1.54) is 5.56 Å². The summed E-state index contributed by atoms with van der Waals surface area (Å²) in [7, 11) is 0. The fourth-order valence-corrected chi connectivity index (χ4v) is 2.95. The standard InChI is InChI=1S/C16H19ClN4/c1-11-5-4-6-14-15(11)19-16(13(3)17)21(14)12(2)9-20-8-7-18-10-20/h4-8,10,12-13H,9H2,1-3H3. The van der Waals surface area contributed by atoms with Crippen LogP contribution in [0.3, 0.4) is 0 Å². The van der Waals surface area contributed by atoms with E-state index >= 15 is 0 Å². The first-order valence-electron chi connectivity index (χ1n) is 7.15. The molecule has 0 aliphatic rings. The van der Waals surface area contributed by atoms with Gasteiger partial charge in [-0.3, -0.25) is 0 Å². The zero-order chi connectivity index (χ0) is 15.0. The Labute approximate surface area is 129 Å². The Morgan fingerprint density at radius 2 is 2.10 bits per heavy atom. The van der Waals surface area contributed by atoms with Crippen LogP contribution in [0.2, 0.25) is 0 Å². The van der Waals surface area contributed by atoms with Gasteiger partial charge in [-0.25, -0.2) is 9.97 Å². The van der Waals surface area contributed by atoms with Gasteiger partial charge in [-0.15, -0.1) is 11.6 Å². The van der Waals surface area contributed by atoms with Crippen molar-refractivity contribution in [3.63, 3.8) is 0 Å². The molecular weight excluding hydrogens is 284 g/mol. The highest BCUT2D eigenvalue weighted by molar-refractivity contribution is 6.20. The van der Waals surface area contributed by atoms with Crippen LogP contribution in [0, 0.1) is 6.92 Å². The lowest BCUT2D eigenvalue weighted by molar-refractivity contribution is 0.460. The molecule has 2 aromatic heterocycles. The average Bonchev–Trinajstić information content (AvgIpc) is 3.05. The van der Waals surface area contributed by atoms with E-state index in [0.29, 0.717) is 0 Å². The number of halogens is 1. The summed E-state index contributed by atoms with van der Waals surface area (Å²) in [6.07, 6.45) is 5.61. The molecule has 0 saturated heterocycles. The van der Waals surface area contributed by atoms with E-state index < -0.39 is 0 Å². The summed E-state index contributed by atoms with van der Waals surface area (Å²) >= 11 is 6.36. The molecule has 0 radical (unpaired) electrons. The first-order chi connectivity index (χ1) is 10.1. The maximum absolute atomic E-state index is 6.36. The number of benzene rings is 1. The van der Waals surface area contributed by atoms with E-state index in [9.17, 15) is 0 Å². The van der Waals surface area contributed by atoms with Gasteiger partial charge in [0.2, 0.25) is 0 Å². The molecule has 0 amide bonds. The average molecular weight is 303 g/mol. The minimum Gasteiger partial charge on any atom is -0.335 e. The largest absolute Gasteiger partial charge is 0.335 e. The third kappa shape index (κ3) is 2.56. The number of rotatable bonds is 4. The molecule has 2 atom stereocenters. The number of aryl methyl sites for hydroxylation is 1. The molecule has 110 valence electrons. The van der Waals surface area contributed by atoms with Crippen LogP contribution in [0.1, 0.15) is 36.7 Å².